The van der Waals surface area contributed by atoms with Gasteiger partial charge in [0.25, 0.3) is 11.6 Å². The molecular formula is C23H21F2N3O3. The molecule has 160 valence electrons. The van der Waals surface area contributed by atoms with Crippen LogP contribution in [0.3, 0.4) is 0 Å². The zero-order chi connectivity index (χ0) is 22.4. The van der Waals surface area contributed by atoms with E-state index in [1.54, 1.807) is 31.3 Å². The van der Waals surface area contributed by atoms with Crippen molar-refractivity contribution in [3.8, 4) is 0 Å². The minimum absolute atomic E-state index is 0.142. The van der Waals surface area contributed by atoms with Crippen LogP contribution >= 0.6 is 0 Å². The zero-order valence-corrected chi connectivity index (χ0v) is 16.8. The molecule has 0 saturated carbocycles. The van der Waals surface area contributed by atoms with E-state index in [-0.39, 0.29) is 35.5 Å². The van der Waals surface area contributed by atoms with Gasteiger partial charge in [-0.3, -0.25) is 14.9 Å². The van der Waals surface area contributed by atoms with Gasteiger partial charge in [-0.15, -0.1) is 0 Å². The number of hydrogen-bond acceptors (Lipinski definition) is 4. The summed E-state index contributed by atoms with van der Waals surface area (Å²) < 4.78 is 26.1. The van der Waals surface area contributed by atoms with E-state index in [2.05, 4.69) is 5.32 Å². The Bertz CT molecular complexity index is 1070. The van der Waals surface area contributed by atoms with Crippen LogP contribution in [-0.2, 0) is 13.0 Å². The SMILES string of the molecule is CN(Cc1ccc(F)cc1)C(=O)c1ccc([N+](=O)[O-])c(NCCc2ccc(F)cc2)c1. The fourth-order valence-electron chi connectivity index (χ4n) is 3.12. The Morgan fingerprint density at radius 1 is 0.968 bits per heavy atom. The van der Waals surface area contributed by atoms with Gasteiger partial charge in [-0.05, 0) is 53.9 Å². The van der Waals surface area contributed by atoms with Crippen LogP contribution in [-0.4, -0.2) is 29.3 Å². The summed E-state index contributed by atoms with van der Waals surface area (Å²) in [5.74, 6) is -1.01. The number of amides is 1. The standard InChI is InChI=1S/C23H21F2N3O3/c1-27(15-17-4-9-20(25)10-5-17)23(29)18-6-11-22(28(30)31)21(14-18)26-13-12-16-2-7-19(24)8-3-16/h2-11,14,26H,12-13,15H2,1H3. The lowest BCUT2D eigenvalue weighted by molar-refractivity contribution is -0.384. The average molecular weight is 425 g/mol. The second-order valence-corrected chi connectivity index (χ2v) is 7.08. The van der Waals surface area contributed by atoms with E-state index in [1.165, 1.54) is 47.4 Å². The molecule has 1 N–H and O–H groups in total. The third kappa shape index (κ3) is 5.85. The average Bonchev–Trinajstić information content (AvgIpc) is 2.76. The summed E-state index contributed by atoms with van der Waals surface area (Å²) in [4.78, 5) is 25.1. The van der Waals surface area contributed by atoms with E-state index in [0.717, 1.165) is 11.1 Å². The van der Waals surface area contributed by atoms with Gasteiger partial charge in [-0.25, -0.2) is 8.78 Å². The van der Waals surface area contributed by atoms with Crippen LogP contribution < -0.4 is 5.32 Å². The maximum Gasteiger partial charge on any atom is 0.292 e. The molecule has 31 heavy (non-hydrogen) atoms. The Morgan fingerprint density at radius 2 is 1.55 bits per heavy atom. The lowest BCUT2D eigenvalue weighted by atomic mass is 10.1. The van der Waals surface area contributed by atoms with Gasteiger partial charge in [0, 0.05) is 31.8 Å². The normalized spacial score (nSPS) is 10.5. The minimum atomic E-state index is -0.517. The highest BCUT2D eigenvalue weighted by Crippen LogP contribution is 2.26. The number of anilines is 1. The number of carbonyl (C=O) groups excluding carboxylic acids is 1. The van der Waals surface area contributed by atoms with E-state index < -0.39 is 4.92 Å². The molecule has 1 amide bonds. The number of nitro benzene ring substituents is 1. The molecule has 0 unspecified atom stereocenters. The summed E-state index contributed by atoms with van der Waals surface area (Å²) >= 11 is 0. The van der Waals surface area contributed by atoms with Gasteiger partial charge in [0.15, 0.2) is 0 Å². The summed E-state index contributed by atoms with van der Waals surface area (Å²) in [7, 11) is 1.61. The molecule has 0 atom stereocenters. The Kier molecular flexibility index (Phi) is 6.92. The van der Waals surface area contributed by atoms with E-state index in [0.29, 0.717) is 18.5 Å². The molecule has 0 spiro atoms. The molecule has 0 fully saturated rings. The van der Waals surface area contributed by atoms with Crippen LogP contribution in [0.25, 0.3) is 0 Å². The van der Waals surface area contributed by atoms with Crippen molar-refractivity contribution in [1.82, 2.24) is 4.90 Å². The lowest BCUT2D eigenvalue weighted by Crippen LogP contribution is -2.26. The molecule has 8 heteroatoms. The van der Waals surface area contributed by atoms with Gasteiger partial charge < -0.3 is 10.2 Å². The fraction of sp³-hybridized carbons (Fsp3) is 0.174. The minimum Gasteiger partial charge on any atom is -0.379 e. The predicted molar refractivity (Wildman–Crippen MR) is 114 cm³/mol. The maximum atomic E-state index is 13.1. The molecule has 0 aliphatic carbocycles. The van der Waals surface area contributed by atoms with Crippen LogP contribution in [0.1, 0.15) is 21.5 Å². The molecule has 0 bridgehead atoms. The summed E-state index contributed by atoms with van der Waals surface area (Å²) in [5.41, 5.74) is 2.02. The van der Waals surface area contributed by atoms with Crippen molar-refractivity contribution in [2.45, 2.75) is 13.0 Å². The van der Waals surface area contributed by atoms with Crippen molar-refractivity contribution < 1.29 is 18.5 Å². The summed E-state index contributed by atoms with van der Waals surface area (Å²) in [5, 5.41) is 14.4. The number of nitro groups is 1. The lowest BCUT2D eigenvalue weighted by Gasteiger charge is -2.18. The number of rotatable bonds is 8. The molecule has 3 rings (SSSR count). The predicted octanol–water partition coefficient (Wildman–Crippen LogP) is 4.80. The van der Waals surface area contributed by atoms with E-state index >= 15 is 0 Å². The molecule has 0 saturated heterocycles. The third-order valence-electron chi connectivity index (χ3n) is 4.76. The van der Waals surface area contributed by atoms with Crippen molar-refractivity contribution in [3.63, 3.8) is 0 Å². The van der Waals surface area contributed by atoms with Crippen molar-refractivity contribution in [2.75, 3.05) is 18.9 Å². The number of carbonyl (C=O) groups is 1. The molecule has 0 aromatic heterocycles. The number of nitrogens with one attached hydrogen (secondary N) is 1. The Balaban J connectivity index is 1.71. The molecule has 0 aliphatic heterocycles. The second-order valence-electron chi connectivity index (χ2n) is 7.08. The first-order valence-electron chi connectivity index (χ1n) is 9.60. The molecule has 3 aromatic carbocycles. The van der Waals surface area contributed by atoms with Crippen LogP contribution in [0.5, 0.6) is 0 Å². The summed E-state index contributed by atoms with van der Waals surface area (Å²) in [6, 6.07) is 16.0. The highest BCUT2D eigenvalue weighted by Gasteiger charge is 2.19. The quantitative estimate of drug-likeness (QED) is 0.416. The molecule has 3 aromatic rings. The summed E-state index contributed by atoms with van der Waals surface area (Å²) in [6.45, 7) is 0.638. The number of halogens is 2. The summed E-state index contributed by atoms with van der Waals surface area (Å²) in [6.07, 6.45) is 0.528. The Hall–Kier alpha value is -3.81. The topological polar surface area (TPSA) is 75.5 Å². The van der Waals surface area contributed by atoms with Crippen LogP contribution in [0.4, 0.5) is 20.2 Å². The first kappa shape index (κ1) is 21.9. The third-order valence-corrected chi connectivity index (χ3v) is 4.76. The first-order valence-corrected chi connectivity index (χ1v) is 9.60. The van der Waals surface area contributed by atoms with Crippen LogP contribution in [0, 0.1) is 21.7 Å². The smallest absolute Gasteiger partial charge is 0.292 e. The molecule has 0 radical (unpaired) electrons. The van der Waals surface area contributed by atoms with Gasteiger partial charge >= 0.3 is 0 Å². The highest BCUT2D eigenvalue weighted by atomic mass is 19.1. The molecule has 0 heterocycles. The van der Waals surface area contributed by atoms with Crippen LogP contribution in [0.15, 0.2) is 66.7 Å². The number of hydrogen-bond donors (Lipinski definition) is 1. The van der Waals surface area contributed by atoms with E-state index in [4.69, 9.17) is 0 Å². The Morgan fingerprint density at radius 3 is 2.13 bits per heavy atom. The van der Waals surface area contributed by atoms with Gasteiger partial charge in [-0.2, -0.15) is 0 Å². The van der Waals surface area contributed by atoms with Crippen molar-refractivity contribution in [2.24, 2.45) is 0 Å². The number of nitrogens with zero attached hydrogens (tertiary/aromatic N) is 2. The van der Waals surface area contributed by atoms with Gasteiger partial charge in [0.05, 0.1) is 4.92 Å². The monoisotopic (exact) mass is 425 g/mol. The van der Waals surface area contributed by atoms with Gasteiger partial charge in [0.2, 0.25) is 0 Å². The largest absolute Gasteiger partial charge is 0.379 e. The van der Waals surface area contributed by atoms with Crippen molar-refractivity contribution in [3.05, 3.63) is 105 Å². The van der Waals surface area contributed by atoms with Crippen LogP contribution in [0.2, 0.25) is 0 Å². The first-order chi connectivity index (χ1) is 14.8. The molecule has 0 aliphatic rings. The van der Waals surface area contributed by atoms with Gasteiger partial charge in [0.1, 0.15) is 17.3 Å². The Labute approximate surface area is 178 Å². The van der Waals surface area contributed by atoms with E-state index in [1.807, 2.05) is 0 Å². The van der Waals surface area contributed by atoms with E-state index in [9.17, 15) is 23.7 Å². The number of benzene rings is 3. The fourth-order valence-corrected chi connectivity index (χ4v) is 3.12. The van der Waals surface area contributed by atoms with Crippen molar-refractivity contribution in [1.29, 1.82) is 0 Å². The zero-order valence-electron chi connectivity index (χ0n) is 16.8. The highest BCUT2D eigenvalue weighted by molar-refractivity contribution is 5.95. The molecular weight excluding hydrogens is 404 g/mol. The maximum absolute atomic E-state index is 13.1. The van der Waals surface area contributed by atoms with Crippen molar-refractivity contribution >= 4 is 17.3 Å². The second kappa shape index (κ2) is 9.80. The van der Waals surface area contributed by atoms with Gasteiger partial charge in [-0.1, -0.05) is 24.3 Å². The molecule has 6 nitrogen and oxygen atoms in total.